The molecule has 1 N–H and O–H groups in total. The lowest BCUT2D eigenvalue weighted by Crippen LogP contribution is -2.50. The molecule has 1 atom stereocenters. The zero-order chi connectivity index (χ0) is 15.8. The number of amides is 2. The molecule has 0 radical (unpaired) electrons. The second-order valence-electron chi connectivity index (χ2n) is 6.00. The summed E-state index contributed by atoms with van der Waals surface area (Å²) in [4.78, 5) is 28.0. The fourth-order valence-electron chi connectivity index (χ4n) is 2.80. The molecule has 0 aromatic heterocycles. The molecule has 0 saturated heterocycles. The van der Waals surface area contributed by atoms with Crippen LogP contribution in [-0.4, -0.2) is 60.4 Å². The highest BCUT2D eigenvalue weighted by atomic mass is 16.2. The van der Waals surface area contributed by atoms with Gasteiger partial charge in [0.1, 0.15) is 0 Å². The van der Waals surface area contributed by atoms with Crippen molar-refractivity contribution in [2.45, 2.75) is 65.0 Å². The Kier molecular flexibility index (Phi) is 7.72. The molecule has 0 bridgehead atoms. The predicted molar refractivity (Wildman–Crippen MR) is 85.0 cm³/mol. The van der Waals surface area contributed by atoms with Gasteiger partial charge in [-0.25, -0.2) is 0 Å². The van der Waals surface area contributed by atoms with Gasteiger partial charge < -0.3 is 10.2 Å². The second kappa shape index (κ2) is 9.03. The van der Waals surface area contributed by atoms with Crippen LogP contribution in [0.25, 0.3) is 0 Å². The monoisotopic (exact) mass is 297 g/mol. The van der Waals surface area contributed by atoms with Gasteiger partial charge in [-0.2, -0.15) is 0 Å². The van der Waals surface area contributed by atoms with E-state index in [9.17, 15) is 9.59 Å². The van der Waals surface area contributed by atoms with Crippen molar-refractivity contribution in [2.75, 3.05) is 26.7 Å². The van der Waals surface area contributed by atoms with E-state index in [1.807, 2.05) is 32.7 Å². The zero-order valence-electron chi connectivity index (χ0n) is 14.0. The summed E-state index contributed by atoms with van der Waals surface area (Å²) < 4.78 is 0. The van der Waals surface area contributed by atoms with Crippen LogP contribution >= 0.6 is 0 Å². The molecule has 0 spiro atoms. The van der Waals surface area contributed by atoms with Crippen LogP contribution in [0.5, 0.6) is 0 Å². The van der Waals surface area contributed by atoms with Crippen molar-refractivity contribution in [1.82, 2.24) is 15.1 Å². The molecular weight excluding hydrogens is 266 g/mol. The van der Waals surface area contributed by atoms with Crippen LogP contribution < -0.4 is 5.32 Å². The minimum absolute atomic E-state index is 0.0387. The molecule has 1 aliphatic rings. The molecule has 1 fully saturated rings. The first-order valence-electron chi connectivity index (χ1n) is 8.27. The summed E-state index contributed by atoms with van der Waals surface area (Å²) in [6.45, 7) is 7.54. The molecule has 1 rings (SSSR count). The third-order valence-electron chi connectivity index (χ3n) is 4.49. The van der Waals surface area contributed by atoms with Crippen LogP contribution in [0, 0.1) is 0 Å². The summed E-state index contributed by atoms with van der Waals surface area (Å²) in [6, 6.07) is 0.0482. The van der Waals surface area contributed by atoms with E-state index in [0.717, 1.165) is 12.8 Å². The van der Waals surface area contributed by atoms with Gasteiger partial charge in [-0.05, 0) is 40.7 Å². The smallest absolute Gasteiger partial charge is 0.237 e. The molecule has 21 heavy (non-hydrogen) atoms. The largest absolute Gasteiger partial charge is 0.352 e. The number of nitrogens with zero attached hydrogens (tertiary/aromatic N) is 2. The van der Waals surface area contributed by atoms with Crippen LogP contribution in [0.3, 0.4) is 0 Å². The maximum atomic E-state index is 12.3. The molecule has 0 aromatic carbocycles. The van der Waals surface area contributed by atoms with Gasteiger partial charge in [-0.15, -0.1) is 0 Å². The van der Waals surface area contributed by atoms with Crippen molar-refractivity contribution in [1.29, 1.82) is 0 Å². The molecule has 0 heterocycles. The van der Waals surface area contributed by atoms with Crippen molar-refractivity contribution in [3.8, 4) is 0 Å². The van der Waals surface area contributed by atoms with Crippen molar-refractivity contribution in [2.24, 2.45) is 0 Å². The zero-order valence-corrected chi connectivity index (χ0v) is 14.0. The van der Waals surface area contributed by atoms with Gasteiger partial charge in [-0.3, -0.25) is 14.5 Å². The van der Waals surface area contributed by atoms with Gasteiger partial charge in [0.2, 0.25) is 11.8 Å². The third kappa shape index (κ3) is 5.65. The lowest BCUT2D eigenvalue weighted by Gasteiger charge is -2.29. The minimum atomic E-state index is -0.272. The molecule has 5 nitrogen and oxygen atoms in total. The average Bonchev–Trinajstić information content (AvgIpc) is 2.48. The van der Waals surface area contributed by atoms with Crippen LogP contribution in [0.4, 0.5) is 0 Å². The number of hydrogen-bond acceptors (Lipinski definition) is 3. The first-order chi connectivity index (χ1) is 9.99. The van der Waals surface area contributed by atoms with E-state index in [-0.39, 0.29) is 17.9 Å². The van der Waals surface area contributed by atoms with Gasteiger partial charge in [0.05, 0.1) is 12.6 Å². The summed E-state index contributed by atoms with van der Waals surface area (Å²) >= 11 is 0. The molecule has 122 valence electrons. The Morgan fingerprint density at radius 2 is 1.71 bits per heavy atom. The molecule has 1 aliphatic carbocycles. The van der Waals surface area contributed by atoms with Crippen LogP contribution in [0.2, 0.25) is 0 Å². The van der Waals surface area contributed by atoms with Gasteiger partial charge in [0.25, 0.3) is 0 Å². The summed E-state index contributed by atoms with van der Waals surface area (Å²) in [5, 5.41) is 3.12. The highest BCUT2D eigenvalue weighted by molar-refractivity contribution is 5.83. The van der Waals surface area contributed by atoms with Gasteiger partial charge in [-0.1, -0.05) is 19.3 Å². The molecule has 1 unspecified atom stereocenters. The molecular formula is C16H31N3O2. The Labute approximate surface area is 129 Å². The van der Waals surface area contributed by atoms with E-state index in [2.05, 4.69) is 5.32 Å². The normalized spacial score (nSPS) is 17.6. The first kappa shape index (κ1) is 18.0. The number of hydrogen-bond donors (Lipinski definition) is 1. The minimum Gasteiger partial charge on any atom is -0.352 e. The lowest BCUT2D eigenvalue weighted by atomic mass is 9.95. The molecule has 5 heteroatoms. The Balaban J connectivity index is 2.42. The van der Waals surface area contributed by atoms with Crippen molar-refractivity contribution >= 4 is 11.8 Å². The molecule has 0 aromatic rings. The Morgan fingerprint density at radius 3 is 2.24 bits per heavy atom. The number of carbonyl (C=O) groups excluding carboxylic acids is 2. The molecule has 2 amide bonds. The van der Waals surface area contributed by atoms with E-state index < -0.39 is 0 Å². The maximum Gasteiger partial charge on any atom is 0.237 e. The maximum absolute atomic E-state index is 12.3. The Hall–Kier alpha value is -1.10. The van der Waals surface area contributed by atoms with Gasteiger partial charge in [0.15, 0.2) is 0 Å². The average molecular weight is 297 g/mol. The topological polar surface area (TPSA) is 52.7 Å². The summed E-state index contributed by atoms with van der Waals surface area (Å²) in [7, 11) is 1.84. The SMILES string of the molecule is CCN(CC)C(=O)CN(C)C(C)C(=O)NC1CCCCC1. The van der Waals surface area contributed by atoms with Gasteiger partial charge in [0, 0.05) is 19.1 Å². The number of carbonyl (C=O) groups is 2. The Morgan fingerprint density at radius 1 is 1.14 bits per heavy atom. The van der Waals surface area contributed by atoms with Crippen molar-refractivity contribution in [3.63, 3.8) is 0 Å². The van der Waals surface area contributed by atoms with E-state index >= 15 is 0 Å². The summed E-state index contributed by atoms with van der Waals surface area (Å²) in [5.41, 5.74) is 0. The van der Waals surface area contributed by atoms with Gasteiger partial charge >= 0.3 is 0 Å². The number of rotatable bonds is 7. The fourth-order valence-corrected chi connectivity index (χ4v) is 2.80. The highest BCUT2D eigenvalue weighted by Crippen LogP contribution is 2.17. The van der Waals surface area contributed by atoms with Crippen LogP contribution in [0.1, 0.15) is 52.9 Å². The summed E-state index contributed by atoms with van der Waals surface area (Å²) in [6.07, 6.45) is 5.85. The molecule has 0 aliphatic heterocycles. The quantitative estimate of drug-likeness (QED) is 0.777. The first-order valence-corrected chi connectivity index (χ1v) is 8.27. The van der Waals surface area contributed by atoms with Crippen LogP contribution in [-0.2, 0) is 9.59 Å². The Bertz CT molecular complexity index is 336. The summed E-state index contributed by atoms with van der Waals surface area (Å²) in [5.74, 6) is 0.122. The second-order valence-corrected chi connectivity index (χ2v) is 6.00. The van der Waals surface area contributed by atoms with E-state index in [1.165, 1.54) is 19.3 Å². The highest BCUT2D eigenvalue weighted by Gasteiger charge is 2.24. The predicted octanol–water partition coefficient (Wildman–Crippen LogP) is 1.62. The number of nitrogens with one attached hydrogen (secondary N) is 1. The van der Waals surface area contributed by atoms with E-state index in [0.29, 0.717) is 25.7 Å². The van der Waals surface area contributed by atoms with E-state index in [1.54, 1.807) is 4.90 Å². The van der Waals surface area contributed by atoms with Crippen molar-refractivity contribution < 1.29 is 9.59 Å². The van der Waals surface area contributed by atoms with Crippen LogP contribution in [0.15, 0.2) is 0 Å². The molecule has 1 saturated carbocycles. The van der Waals surface area contributed by atoms with E-state index in [4.69, 9.17) is 0 Å². The van der Waals surface area contributed by atoms with Crippen molar-refractivity contribution in [3.05, 3.63) is 0 Å². The third-order valence-corrected chi connectivity index (χ3v) is 4.49. The standard InChI is InChI=1S/C16H31N3O2/c1-5-19(6-2)15(20)12-18(4)13(3)16(21)17-14-10-8-7-9-11-14/h13-14H,5-12H2,1-4H3,(H,17,21). The lowest BCUT2D eigenvalue weighted by molar-refractivity contribution is -0.133. The number of likely N-dealkylation sites (N-methyl/N-ethyl adjacent to an activating group) is 2. The fraction of sp³-hybridized carbons (Fsp3) is 0.875.